The Hall–Kier alpha value is -2.18. The molecular formula is C16H19N3O2S. The number of benzene rings is 1. The van der Waals surface area contributed by atoms with E-state index in [9.17, 15) is 9.59 Å². The third kappa shape index (κ3) is 4.41. The highest BCUT2D eigenvalue weighted by molar-refractivity contribution is 7.07. The van der Waals surface area contributed by atoms with E-state index in [0.717, 1.165) is 6.54 Å². The molecule has 0 aliphatic heterocycles. The van der Waals surface area contributed by atoms with Gasteiger partial charge in [0.2, 0.25) is 12.3 Å². The summed E-state index contributed by atoms with van der Waals surface area (Å²) in [6.45, 7) is 2.60. The highest BCUT2D eigenvalue weighted by Crippen LogP contribution is 2.16. The van der Waals surface area contributed by atoms with Crippen molar-refractivity contribution >= 4 is 35.0 Å². The molecule has 1 aromatic carbocycles. The molecule has 116 valence electrons. The van der Waals surface area contributed by atoms with E-state index in [0.29, 0.717) is 17.8 Å². The Morgan fingerprint density at radius 3 is 2.82 bits per heavy atom. The molecule has 0 fully saturated rings. The summed E-state index contributed by atoms with van der Waals surface area (Å²) in [6.07, 6.45) is 0.609. The van der Waals surface area contributed by atoms with Gasteiger partial charge in [-0.05, 0) is 54.6 Å². The number of nitrogens with one attached hydrogen (secondary N) is 2. The van der Waals surface area contributed by atoms with Crippen LogP contribution >= 0.6 is 11.3 Å². The Balaban J connectivity index is 1.95. The number of amides is 2. The Bertz CT molecular complexity index is 628. The van der Waals surface area contributed by atoms with E-state index < -0.39 is 0 Å². The second kappa shape index (κ2) is 7.72. The summed E-state index contributed by atoms with van der Waals surface area (Å²) in [5, 5.41) is 9.54. The molecule has 1 unspecified atom stereocenters. The lowest BCUT2D eigenvalue weighted by Crippen LogP contribution is -2.39. The Kier molecular flexibility index (Phi) is 5.68. The molecule has 5 nitrogen and oxygen atoms in total. The standard InChI is InChI=1S/C16H19N3O2S/c1-12(19(2)9-13-6-7-22-10-13)16(21)18-15-5-3-4-14(8-15)17-11-20/h3-8,10-12H,9H2,1-2H3,(H,17,20)(H,18,21). The number of carbonyl (C=O) groups excluding carboxylic acids is 2. The van der Waals surface area contributed by atoms with Crippen molar-refractivity contribution in [3.63, 3.8) is 0 Å². The summed E-state index contributed by atoms with van der Waals surface area (Å²) in [5.74, 6) is -0.0824. The van der Waals surface area contributed by atoms with Gasteiger partial charge in [0, 0.05) is 17.9 Å². The second-order valence-corrected chi connectivity index (χ2v) is 5.83. The van der Waals surface area contributed by atoms with Crippen LogP contribution < -0.4 is 10.6 Å². The lowest BCUT2D eigenvalue weighted by Gasteiger charge is -2.23. The number of carbonyl (C=O) groups is 2. The van der Waals surface area contributed by atoms with Gasteiger partial charge in [-0.15, -0.1) is 0 Å². The van der Waals surface area contributed by atoms with Gasteiger partial charge in [-0.1, -0.05) is 6.07 Å². The number of likely N-dealkylation sites (N-methyl/N-ethyl adjacent to an activating group) is 1. The third-order valence-electron chi connectivity index (χ3n) is 3.41. The summed E-state index contributed by atoms with van der Waals surface area (Å²) in [4.78, 5) is 24.8. The van der Waals surface area contributed by atoms with Crippen LogP contribution in [-0.2, 0) is 16.1 Å². The van der Waals surface area contributed by atoms with Crippen LogP contribution in [0.3, 0.4) is 0 Å². The third-order valence-corrected chi connectivity index (χ3v) is 4.14. The zero-order valence-electron chi connectivity index (χ0n) is 12.6. The minimum absolute atomic E-state index is 0.0824. The molecule has 6 heteroatoms. The van der Waals surface area contributed by atoms with Gasteiger partial charge in [-0.2, -0.15) is 11.3 Å². The first-order valence-corrected chi connectivity index (χ1v) is 7.87. The van der Waals surface area contributed by atoms with Crippen LogP contribution in [0, 0.1) is 0 Å². The lowest BCUT2D eigenvalue weighted by molar-refractivity contribution is -0.120. The van der Waals surface area contributed by atoms with E-state index in [1.807, 2.05) is 24.3 Å². The number of anilines is 2. The normalized spacial score (nSPS) is 12.0. The van der Waals surface area contributed by atoms with E-state index >= 15 is 0 Å². The molecule has 1 atom stereocenters. The van der Waals surface area contributed by atoms with Crippen LogP contribution in [0.5, 0.6) is 0 Å². The molecule has 0 aliphatic carbocycles. The highest BCUT2D eigenvalue weighted by atomic mass is 32.1. The number of hydrogen-bond donors (Lipinski definition) is 2. The maximum atomic E-state index is 12.3. The van der Waals surface area contributed by atoms with Gasteiger partial charge in [-0.3, -0.25) is 14.5 Å². The van der Waals surface area contributed by atoms with Crippen molar-refractivity contribution in [3.8, 4) is 0 Å². The average Bonchev–Trinajstić information content (AvgIpc) is 3.00. The van der Waals surface area contributed by atoms with E-state index in [4.69, 9.17) is 0 Å². The van der Waals surface area contributed by atoms with Crippen LogP contribution in [0.1, 0.15) is 12.5 Å². The number of nitrogens with zero attached hydrogens (tertiary/aromatic N) is 1. The summed E-state index contributed by atoms with van der Waals surface area (Å²) in [6, 6.07) is 8.84. The first kappa shape index (κ1) is 16.2. The van der Waals surface area contributed by atoms with Gasteiger partial charge in [0.1, 0.15) is 0 Å². The molecule has 0 bridgehead atoms. The predicted molar refractivity (Wildman–Crippen MR) is 90.0 cm³/mol. The van der Waals surface area contributed by atoms with Crippen LogP contribution in [-0.4, -0.2) is 30.3 Å². The predicted octanol–water partition coefficient (Wildman–Crippen LogP) is 2.78. The highest BCUT2D eigenvalue weighted by Gasteiger charge is 2.18. The summed E-state index contributed by atoms with van der Waals surface area (Å²) >= 11 is 1.65. The molecule has 0 radical (unpaired) electrons. The van der Waals surface area contributed by atoms with Crippen molar-refractivity contribution in [1.82, 2.24) is 4.90 Å². The van der Waals surface area contributed by atoms with Gasteiger partial charge in [0.25, 0.3) is 0 Å². The molecule has 0 saturated carbocycles. The smallest absolute Gasteiger partial charge is 0.241 e. The molecule has 0 aliphatic rings. The van der Waals surface area contributed by atoms with E-state index in [1.165, 1.54) is 5.56 Å². The van der Waals surface area contributed by atoms with Crippen LogP contribution in [0.2, 0.25) is 0 Å². The molecule has 22 heavy (non-hydrogen) atoms. The second-order valence-electron chi connectivity index (χ2n) is 5.05. The summed E-state index contributed by atoms with van der Waals surface area (Å²) in [5.41, 5.74) is 2.50. The fraction of sp³-hybridized carbons (Fsp3) is 0.250. The fourth-order valence-corrected chi connectivity index (χ4v) is 2.67. The number of hydrogen-bond acceptors (Lipinski definition) is 4. The first-order valence-electron chi connectivity index (χ1n) is 6.92. The van der Waals surface area contributed by atoms with Crippen LogP contribution in [0.4, 0.5) is 11.4 Å². The number of rotatable bonds is 7. The Morgan fingerprint density at radius 2 is 2.14 bits per heavy atom. The zero-order chi connectivity index (χ0) is 15.9. The van der Waals surface area contributed by atoms with Gasteiger partial charge in [-0.25, -0.2) is 0 Å². The molecule has 1 heterocycles. The quantitative estimate of drug-likeness (QED) is 0.772. The fourth-order valence-electron chi connectivity index (χ4n) is 2.01. The largest absolute Gasteiger partial charge is 0.329 e. The minimum atomic E-state index is -0.261. The van der Waals surface area contributed by atoms with Crippen molar-refractivity contribution in [2.45, 2.75) is 19.5 Å². The van der Waals surface area contributed by atoms with Crippen molar-refractivity contribution < 1.29 is 9.59 Å². The Labute approximate surface area is 134 Å². The van der Waals surface area contributed by atoms with Crippen molar-refractivity contribution in [3.05, 3.63) is 46.7 Å². The molecular weight excluding hydrogens is 298 g/mol. The molecule has 2 rings (SSSR count). The first-order chi connectivity index (χ1) is 10.6. The summed E-state index contributed by atoms with van der Waals surface area (Å²) in [7, 11) is 1.92. The molecule has 1 aromatic heterocycles. The van der Waals surface area contributed by atoms with Crippen molar-refractivity contribution in [2.24, 2.45) is 0 Å². The summed E-state index contributed by atoms with van der Waals surface area (Å²) < 4.78 is 0. The maximum absolute atomic E-state index is 12.3. The Morgan fingerprint density at radius 1 is 1.36 bits per heavy atom. The molecule has 2 amide bonds. The zero-order valence-corrected chi connectivity index (χ0v) is 13.4. The van der Waals surface area contributed by atoms with Gasteiger partial charge in [0.15, 0.2) is 0 Å². The van der Waals surface area contributed by atoms with Crippen molar-refractivity contribution in [2.75, 3.05) is 17.7 Å². The molecule has 2 aromatic rings. The van der Waals surface area contributed by atoms with E-state index in [1.54, 1.807) is 35.6 Å². The minimum Gasteiger partial charge on any atom is -0.329 e. The number of thiophene rings is 1. The maximum Gasteiger partial charge on any atom is 0.241 e. The SMILES string of the molecule is CC(C(=O)Nc1cccc(NC=O)c1)N(C)Cc1ccsc1. The van der Waals surface area contributed by atoms with Gasteiger partial charge in [0.05, 0.1) is 6.04 Å². The topological polar surface area (TPSA) is 61.4 Å². The molecule has 0 saturated heterocycles. The monoisotopic (exact) mass is 317 g/mol. The van der Waals surface area contributed by atoms with Crippen LogP contribution in [0.15, 0.2) is 41.1 Å². The van der Waals surface area contributed by atoms with E-state index in [-0.39, 0.29) is 11.9 Å². The van der Waals surface area contributed by atoms with E-state index in [2.05, 4.69) is 22.1 Å². The average molecular weight is 317 g/mol. The van der Waals surface area contributed by atoms with Gasteiger partial charge < -0.3 is 10.6 Å². The van der Waals surface area contributed by atoms with Crippen molar-refractivity contribution in [1.29, 1.82) is 0 Å². The molecule has 0 spiro atoms. The molecule has 2 N–H and O–H groups in total. The lowest BCUT2D eigenvalue weighted by atomic mass is 10.2. The van der Waals surface area contributed by atoms with Gasteiger partial charge >= 0.3 is 0 Å². The van der Waals surface area contributed by atoms with Crippen LogP contribution in [0.25, 0.3) is 0 Å².